The van der Waals surface area contributed by atoms with Crippen LogP contribution in [0.2, 0.25) is 0 Å². The molecule has 0 fully saturated rings. The number of thiazole rings is 1. The van der Waals surface area contributed by atoms with E-state index in [1.165, 1.54) is 28.4 Å². The van der Waals surface area contributed by atoms with Crippen LogP contribution in [0.15, 0.2) is 0 Å². The summed E-state index contributed by atoms with van der Waals surface area (Å²) in [5, 5.41) is 1.22. The molecule has 1 heterocycles. The summed E-state index contributed by atoms with van der Waals surface area (Å²) < 4.78 is 0. The van der Waals surface area contributed by atoms with Gasteiger partial charge in [0.05, 0.1) is 10.7 Å². The van der Waals surface area contributed by atoms with E-state index < -0.39 is 0 Å². The molecule has 0 spiro atoms. The smallest absolute Gasteiger partial charge is 0.0900 e. The fourth-order valence-corrected chi connectivity index (χ4v) is 3.43. The summed E-state index contributed by atoms with van der Waals surface area (Å²) in [6, 6.07) is 0. The number of aryl methyl sites for hydroxylation is 1. The molecule has 0 amide bonds. The zero-order chi connectivity index (χ0) is 10.6. The fourth-order valence-electron chi connectivity index (χ4n) is 2.20. The summed E-state index contributed by atoms with van der Waals surface area (Å²) >= 11 is 1.89. The minimum Gasteiger partial charge on any atom is -0.246 e. The van der Waals surface area contributed by atoms with Crippen LogP contribution in [-0.4, -0.2) is 4.98 Å². The highest BCUT2D eigenvalue weighted by atomic mass is 32.1. The first kappa shape index (κ1) is 10.2. The predicted octanol–water partition coefficient (Wildman–Crippen LogP) is 3.80. The van der Waals surface area contributed by atoms with Gasteiger partial charge >= 0.3 is 0 Å². The van der Waals surface area contributed by atoms with Crippen molar-refractivity contribution in [2.75, 3.05) is 0 Å². The van der Waals surface area contributed by atoms with E-state index in [4.69, 9.17) is 4.98 Å². The van der Waals surface area contributed by atoms with Crippen LogP contribution < -0.4 is 0 Å². The van der Waals surface area contributed by atoms with E-state index in [0.29, 0.717) is 5.41 Å². The van der Waals surface area contributed by atoms with Gasteiger partial charge in [-0.25, -0.2) is 4.98 Å². The van der Waals surface area contributed by atoms with Gasteiger partial charge in [0.2, 0.25) is 0 Å². The van der Waals surface area contributed by atoms with E-state index >= 15 is 0 Å². The molecule has 0 bridgehead atoms. The van der Waals surface area contributed by atoms with Crippen molar-refractivity contribution in [2.24, 2.45) is 0 Å². The van der Waals surface area contributed by atoms with Crippen LogP contribution in [0.5, 0.6) is 0 Å². The first-order valence-electron chi connectivity index (χ1n) is 5.31. The highest BCUT2D eigenvalue weighted by Crippen LogP contribution is 2.47. The van der Waals surface area contributed by atoms with Crippen LogP contribution in [0.4, 0.5) is 0 Å². The van der Waals surface area contributed by atoms with Crippen molar-refractivity contribution in [3.63, 3.8) is 0 Å². The lowest BCUT2D eigenvalue weighted by molar-refractivity contribution is 0.331. The molecule has 0 atom stereocenters. The quantitative estimate of drug-likeness (QED) is 0.633. The van der Waals surface area contributed by atoms with Crippen molar-refractivity contribution in [3.8, 4) is 0 Å². The Kier molecular flexibility index (Phi) is 2.04. The van der Waals surface area contributed by atoms with Gasteiger partial charge in [-0.1, -0.05) is 27.7 Å². The van der Waals surface area contributed by atoms with Crippen molar-refractivity contribution in [1.29, 1.82) is 0 Å². The fraction of sp³-hybridized carbons (Fsp3) is 0.750. The Morgan fingerprint density at radius 1 is 1.07 bits per heavy atom. The van der Waals surface area contributed by atoms with E-state index in [-0.39, 0.29) is 5.41 Å². The lowest BCUT2D eigenvalue weighted by Gasteiger charge is -2.37. The third-order valence-corrected chi connectivity index (χ3v) is 4.70. The first-order chi connectivity index (χ1) is 6.33. The van der Waals surface area contributed by atoms with Crippen molar-refractivity contribution in [3.05, 3.63) is 15.6 Å². The van der Waals surface area contributed by atoms with E-state index in [1.807, 2.05) is 11.3 Å². The first-order valence-corrected chi connectivity index (χ1v) is 6.13. The Morgan fingerprint density at radius 2 is 1.64 bits per heavy atom. The predicted molar refractivity (Wildman–Crippen MR) is 62.1 cm³/mol. The number of nitrogens with zero attached hydrogens (tertiary/aromatic N) is 1. The van der Waals surface area contributed by atoms with Gasteiger partial charge in [-0.05, 0) is 19.8 Å². The molecule has 0 aromatic carbocycles. The summed E-state index contributed by atoms with van der Waals surface area (Å²) in [6.07, 6.45) is 2.55. The lowest BCUT2D eigenvalue weighted by atomic mass is 9.69. The third kappa shape index (κ3) is 1.40. The second kappa shape index (κ2) is 2.82. The molecule has 0 saturated carbocycles. The number of rotatable bonds is 0. The summed E-state index contributed by atoms with van der Waals surface area (Å²) in [5.41, 5.74) is 1.99. The second-order valence-corrected chi connectivity index (χ2v) is 6.88. The highest BCUT2D eigenvalue weighted by Gasteiger charge is 2.39. The zero-order valence-electron chi connectivity index (χ0n) is 9.77. The minimum atomic E-state index is 0.287. The van der Waals surface area contributed by atoms with Crippen LogP contribution in [0.1, 0.15) is 56.1 Å². The van der Waals surface area contributed by atoms with E-state index in [0.717, 1.165) is 0 Å². The Balaban J connectivity index is 2.60. The van der Waals surface area contributed by atoms with Gasteiger partial charge in [0.25, 0.3) is 0 Å². The van der Waals surface area contributed by atoms with Crippen LogP contribution in [0, 0.1) is 6.92 Å². The third-order valence-electron chi connectivity index (χ3n) is 3.36. The Labute approximate surface area is 90.6 Å². The van der Waals surface area contributed by atoms with Gasteiger partial charge in [-0.3, -0.25) is 0 Å². The monoisotopic (exact) mass is 209 g/mol. The molecule has 2 rings (SSSR count). The largest absolute Gasteiger partial charge is 0.246 e. The van der Waals surface area contributed by atoms with E-state index in [1.54, 1.807) is 0 Å². The summed E-state index contributed by atoms with van der Waals surface area (Å²) in [5.74, 6) is 0. The Bertz CT molecular complexity index is 327. The van der Waals surface area contributed by atoms with Crippen molar-refractivity contribution in [2.45, 2.75) is 58.3 Å². The molecule has 1 aromatic heterocycles. The van der Waals surface area contributed by atoms with Crippen LogP contribution in [-0.2, 0) is 10.8 Å². The molecule has 0 radical (unpaired) electrons. The highest BCUT2D eigenvalue weighted by molar-refractivity contribution is 7.11. The summed E-state index contributed by atoms with van der Waals surface area (Å²) in [7, 11) is 0. The number of hydrogen-bond donors (Lipinski definition) is 0. The van der Waals surface area contributed by atoms with Gasteiger partial charge in [-0.15, -0.1) is 11.3 Å². The SMILES string of the molecule is Cc1nc2c(s1)C(C)(C)CCC2(C)C. The molecule has 0 N–H and O–H groups in total. The van der Waals surface area contributed by atoms with Crippen molar-refractivity contribution >= 4 is 11.3 Å². The maximum atomic E-state index is 4.72. The molecule has 14 heavy (non-hydrogen) atoms. The minimum absolute atomic E-state index is 0.287. The van der Waals surface area contributed by atoms with Gasteiger partial charge < -0.3 is 0 Å². The van der Waals surface area contributed by atoms with Crippen molar-refractivity contribution in [1.82, 2.24) is 4.98 Å². The molecule has 0 unspecified atom stereocenters. The molecule has 1 aliphatic rings. The Hall–Kier alpha value is -0.370. The van der Waals surface area contributed by atoms with E-state index in [2.05, 4.69) is 34.6 Å². The molecule has 1 aromatic rings. The standard InChI is InChI=1S/C12H19NS/c1-8-13-9-10(14-8)12(4,5)7-6-11(9,2)3/h6-7H2,1-5H3. The molecular weight excluding hydrogens is 190 g/mol. The molecule has 1 nitrogen and oxygen atoms in total. The number of fused-ring (bicyclic) bond motifs is 1. The molecule has 2 heteroatoms. The molecular formula is C12H19NS. The summed E-state index contributed by atoms with van der Waals surface area (Å²) in [4.78, 5) is 6.24. The van der Waals surface area contributed by atoms with Crippen molar-refractivity contribution < 1.29 is 0 Å². The number of aromatic nitrogens is 1. The van der Waals surface area contributed by atoms with E-state index in [9.17, 15) is 0 Å². The second-order valence-electron chi connectivity index (χ2n) is 5.68. The average Bonchev–Trinajstić information content (AvgIpc) is 2.44. The molecule has 1 aliphatic carbocycles. The van der Waals surface area contributed by atoms with Gasteiger partial charge in [0.1, 0.15) is 0 Å². The lowest BCUT2D eigenvalue weighted by Crippen LogP contribution is -2.32. The van der Waals surface area contributed by atoms with Crippen LogP contribution in [0.25, 0.3) is 0 Å². The van der Waals surface area contributed by atoms with Gasteiger partial charge in [-0.2, -0.15) is 0 Å². The Morgan fingerprint density at radius 3 is 2.21 bits per heavy atom. The normalized spacial score (nSPS) is 23.2. The van der Waals surface area contributed by atoms with Gasteiger partial charge in [0, 0.05) is 15.7 Å². The molecule has 0 aliphatic heterocycles. The van der Waals surface area contributed by atoms with Crippen LogP contribution in [0.3, 0.4) is 0 Å². The van der Waals surface area contributed by atoms with Gasteiger partial charge in [0.15, 0.2) is 0 Å². The molecule has 0 saturated heterocycles. The topological polar surface area (TPSA) is 12.9 Å². The average molecular weight is 209 g/mol. The van der Waals surface area contributed by atoms with Crippen LogP contribution >= 0.6 is 11.3 Å². The summed E-state index contributed by atoms with van der Waals surface area (Å²) in [6.45, 7) is 11.5. The maximum Gasteiger partial charge on any atom is 0.0900 e. The maximum absolute atomic E-state index is 4.72. The zero-order valence-corrected chi connectivity index (χ0v) is 10.6. The molecule has 78 valence electrons. The number of hydrogen-bond acceptors (Lipinski definition) is 2.